The van der Waals surface area contributed by atoms with Gasteiger partial charge in [0, 0.05) is 10.6 Å². The molecule has 2 aromatic carbocycles. The average molecular weight is 551 g/mol. The molecule has 4 rings (SSSR count). The molecule has 2 N–H and O–H groups in total. The van der Waals surface area contributed by atoms with Crippen LogP contribution in [-0.2, 0) is 13.1 Å². The van der Waals surface area contributed by atoms with Crippen LogP contribution in [-0.4, -0.2) is 50.2 Å². The number of halogens is 7. The highest BCUT2D eigenvalue weighted by Gasteiger charge is 2.40. The molecule has 1 aliphatic heterocycles. The van der Waals surface area contributed by atoms with Crippen LogP contribution in [0.2, 0.25) is 10.0 Å². The monoisotopic (exact) mass is 550 g/mol. The van der Waals surface area contributed by atoms with Crippen LogP contribution in [0.25, 0.3) is 11.4 Å². The second-order valence-electron chi connectivity index (χ2n) is 7.68. The molecule has 1 unspecified atom stereocenters. The molecule has 0 amide bonds. The molecule has 3 aromatic rings. The van der Waals surface area contributed by atoms with E-state index >= 15 is 0 Å². The highest BCUT2D eigenvalue weighted by Crippen LogP contribution is 2.28. The van der Waals surface area contributed by atoms with Crippen molar-refractivity contribution in [1.82, 2.24) is 19.8 Å². The maximum Gasteiger partial charge on any atom is 0.416 e. The Bertz CT molecular complexity index is 1330. The molecule has 36 heavy (non-hydrogen) atoms. The van der Waals surface area contributed by atoms with Crippen LogP contribution in [0.15, 0.2) is 58.3 Å². The number of amidine groups is 1. The number of nitrogens with zero attached hydrogens (tertiary/aromatic N) is 5. The van der Waals surface area contributed by atoms with Crippen LogP contribution in [0.4, 0.5) is 27.6 Å². The summed E-state index contributed by atoms with van der Waals surface area (Å²) >= 11 is 12.0. The Labute approximate surface area is 210 Å². The second kappa shape index (κ2) is 10.2. The number of benzene rings is 2. The molecule has 8 nitrogen and oxygen atoms in total. The van der Waals surface area contributed by atoms with Gasteiger partial charge in [0.15, 0.2) is 17.8 Å². The number of hydrazine groups is 1. The van der Waals surface area contributed by atoms with Crippen molar-refractivity contribution in [3.8, 4) is 11.4 Å². The van der Waals surface area contributed by atoms with Gasteiger partial charge in [-0.05, 0) is 36.4 Å². The molecular formula is C21H17Cl2F5N6O2. The zero-order chi connectivity index (χ0) is 26.2. The summed E-state index contributed by atoms with van der Waals surface area (Å²) < 4.78 is 67.9. The lowest BCUT2D eigenvalue weighted by molar-refractivity contribution is -0.207. The van der Waals surface area contributed by atoms with E-state index in [4.69, 9.17) is 23.2 Å². The van der Waals surface area contributed by atoms with E-state index in [-0.39, 0.29) is 22.1 Å². The maximum atomic E-state index is 13.7. The summed E-state index contributed by atoms with van der Waals surface area (Å²) in [5.41, 5.74) is 2.14. The maximum absolute atomic E-state index is 13.7. The van der Waals surface area contributed by atoms with E-state index < -0.39 is 49.5 Å². The first-order valence-electron chi connectivity index (χ1n) is 10.3. The van der Waals surface area contributed by atoms with Gasteiger partial charge in [0.1, 0.15) is 6.17 Å². The summed E-state index contributed by atoms with van der Waals surface area (Å²) in [5.74, 6) is -0.843. The van der Waals surface area contributed by atoms with Crippen molar-refractivity contribution in [3.63, 3.8) is 0 Å². The van der Waals surface area contributed by atoms with E-state index in [1.807, 2.05) is 0 Å². The normalized spacial score (nSPS) is 17.1. The number of aliphatic hydroxyl groups excluding tert-OH is 1. The molecule has 0 fully saturated rings. The Hall–Kier alpha value is -3.00. The zero-order valence-electron chi connectivity index (χ0n) is 18.0. The first-order valence-corrected chi connectivity index (χ1v) is 11.1. The lowest BCUT2D eigenvalue weighted by Crippen LogP contribution is -2.45. The molecule has 0 aliphatic carbocycles. The Balaban J connectivity index is 1.69. The van der Waals surface area contributed by atoms with Crippen LogP contribution in [0.3, 0.4) is 0 Å². The molecule has 0 saturated carbocycles. The van der Waals surface area contributed by atoms with Crippen molar-refractivity contribution in [2.75, 3.05) is 5.01 Å². The number of aromatic nitrogens is 3. The largest absolute Gasteiger partial charge is 0.416 e. The van der Waals surface area contributed by atoms with E-state index in [2.05, 4.69) is 15.5 Å². The summed E-state index contributed by atoms with van der Waals surface area (Å²) in [4.78, 5) is 16.9. The molecule has 1 aromatic heterocycles. The highest BCUT2D eigenvalue weighted by atomic mass is 35.5. The van der Waals surface area contributed by atoms with Gasteiger partial charge in [-0.2, -0.15) is 13.2 Å². The number of alkyl halides is 5. The minimum absolute atomic E-state index is 0.159. The van der Waals surface area contributed by atoms with Gasteiger partial charge < -0.3 is 5.11 Å². The standard InChI is InChI=1S/C21H17Cl2F5N6O2/c22-12-7-5-11(6-8-12)18-31-33(20(36)32(18)9-15(35)21(26,27)28)10-16-29-19(17(24)25)34(30-16)14-4-2-1-3-13(14)23/h1-8,15-17,30,35H,9-10H2/t15-,16?/m0/s1. The number of rotatable bonds is 7. The number of para-hydroxylation sites is 1. The van der Waals surface area contributed by atoms with E-state index in [0.717, 1.165) is 9.69 Å². The molecule has 0 spiro atoms. The molecule has 0 bridgehead atoms. The van der Waals surface area contributed by atoms with Gasteiger partial charge in [-0.3, -0.25) is 9.58 Å². The van der Waals surface area contributed by atoms with Gasteiger partial charge in [-0.1, -0.05) is 35.3 Å². The lowest BCUT2D eigenvalue weighted by atomic mass is 10.2. The number of hydrogen-bond donors (Lipinski definition) is 2. The zero-order valence-corrected chi connectivity index (χ0v) is 19.5. The number of hydrogen-bond acceptors (Lipinski definition) is 6. The Morgan fingerprint density at radius 1 is 1.08 bits per heavy atom. The number of nitrogens with one attached hydrogen (secondary N) is 1. The highest BCUT2D eigenvalue weighted by molar-refractivity contribution is 6.34. The molecule has 0 saturated heterocycles. The first-order chi connectivity index (χ1) is 17.0. The van der Waals surface area contributed by atoms with Gasteiger partial charge in [-0.25, -0.2) is 28.7 Å². The quantitative estimate of drug-likeness (QED) is 0.435. The molecule has 2 atom stereocenters. The van der Waals surface area contributed by atoms with Gasteiger partial charge in [-0.15, -0.1) is 5.10 Å². The van der Waals surface area contributed by atoms with E-state index in [9.17, 15) is 31.9 Å². The molecular weight excluding hydrogens is 534 g/mol. The third kappa shape index (κ3) is 5.38. The Kier molecular flexibility index (Phi) is 7.36. The fraction of sp³-hybridized carbons (Fsp3) is 0.286. The molecule has 2 heterocycles. The number of aliphatic imine (C=N–C) groups is 1. The molecule has 15 heteroatoms. The third-order valence-corrected chi connectivity index (χ3v) is 5.76. The summed E-state index contributed by atoms with van der Waals surface area (Å²) in [6.07, 6.45) is -12.0. The average Bonchev–Trinajstić information content (AvgIpc) is 3.36. The van der Waals surface area contributed by atoms with Gasteiger partial charge in [0.05, 0.1) is 23.8 Å². The molecule has 192 valence electrons. The minimum Gasteiger partial charge on any atom is -0.382 e. The second-order valence-corrected chi connectivity index (χ2v) is 8.53. The van der Waals surface area contributed by atoms with Crippen LogP contribution in [0.5, 0.6) is 0 Å². The van der Waals surface area contributed by atoms with Gasteiger partial charge >= 0.3 is 11.9 Å². The van der Waals surface area contributed by atoms with Crippen LogP contribution >= 0.6 is 23.2 Å². The van der Waals surface area contributed by atoms with Crippen LogP contribution in [0, 0.1) is 0 Å². The number of anilines is 1. The first kappa shape index (κ1) is 26.1. The minimum atomic E-state index is -4.99. The summed E-state index contributed by atoms with van der Waals surface area (Å²) in [7, 11) is 0. The predicted molar refractivity (Wildman–Crippen MR) is 123 cm³/mol. The van der Waals surface area contributed by atoms with Crippen LogP contribution in [0.1, 0.15) is 0 Å². The predicted octanol–water partition coefficient (Wildman–Crippen LogP) is 3.96. The summed E-state index contributed by atoms with van der Waals surface area (Å²) in [5, 5.41) is 15.2. The van der Waals surface area contributed by atoms with Gasteiger partial charge in [0.25, 0.3) is 6.43 Å². The smallest absolute Gasteiger partial charge is 0.382 e. The van der Waals surface area contributed by atoms with E-state index in [1.165, 1.54) is 36.4 Å². The van der Waals surface area contributed by atoms with Crippen molar-refractivity contribution in [2.24, 2.45) is 4.99 Å². The summed E-state index contributed by atoms with van der Waals surface area (Å²) in [6.45, 7) is -1.54. The van der Waals surface area contributed by atoms with E-state index in [1.54, 1.807) is 12.1 Å². The fourth-order valence-electron chi connectivity index (χ4n) is 3.50. The Morgan fingerprint density at radius 3 is 2.36 bits per heavy atom. The SMILES string of the molecule is O=c1n(CC2N=C(C(F)F)N(c3ccccc3Cl)N2)nc(-c2ccc(Cl)cc2)n1C[C@H](O)C(F)(F)F. The third-order valence-electron chi connectivity index (χ3n) is 5.19. The van der Waals surface area contributed by atoms with Crippen molar-refractivity contribution < 1.29 is 27.1 Å². The summed E-state index contributed by atoms with van der Waals surface area (Å²) in [6, 6.07) is 11.9. The lowest BCUT2D eigenvalue weighted by Gasteiger charge is -2.22. The van der Waals surface area contributed by atoms with Gasteiger partial charge in [0.2, 0.25) is 0 Å². The van der Waals surface area contributed by atoms with Crippen molar-refractivity contribution in [1.29, 1.82) is 0 Å². The molecule has 0 radical (unpaired) electrons. The van der Waals surface area contributed by atoms with E-state index in [0.29, 0.717) is 9.59 Å². The Morgan fingerprint density at radius 2 is 1.75 bits per heavy atom. The molecule has 1 aliphatic rings. The van der Waals surface area contributed by atoms with Crippen molar-refractivity contribution in [3.05, 3.63) is 69.1 Å². The number of aliphatic hydroxyl groups is 1. The fourth-order valence-corrected chi connectivity index (χ4v) is 3.85. The van der Waals surface area contributed by atoms with Crippen molar-refractivity contribution in [2.45, 2.75) is 38.0 Å². The topological polar surface area (TPSA) is 87.7 Å². The van der Waals surface area contributed by atoms with Crippen molar-refractivity contribution >= 4 is 34.7 Å². The van der Waals surface area contributed by atoms with Crippen LogP contribution < -0.4 is 16.1 Å².